The highest BCUT2D eigenvalue weighted by Crippen LogP contribution is 2.11. The second kappa shape index (κ2) is 7.75. The smallest absolute Gasteiger partial charge is 0.0894 e. The summed E-state index contributed by atoms with van der Waals surface area (Å²) in [4.78, 5) is 8.85. The fraction of sp³-hybridized carbons (Fsp3) is 0.412. The van der Waals surface area contributed by atoms with E-state index in [1.807, 2.05) is 36.4 Å². The molecule has 3 nitrogen and oxygen atoms in total. The van der Waals surface area contributed by atoms with Gasteiger partial charge in [-0.05, 0) is 24.6 Å². The Morgan fingerprint density at radius 2 is 1.95 bits per heavy atom. The van der Waals surface area contributed by atoms with Crippen LogP contribution in [0.2, 0.25) is 0 Å². The van der Waals surface area contributed by atoms with Crippen molar-refractivity contribution in [3.63, 3.8) is 0 Å². The number of aliphatic hydroxyl groups excluding tert-OH is 1. The van der Waals surface area contributed by atoms with Gasteiger partial charge in [0.15, 0.2) is 0 Å². The molecule has 2 aromatic rings. The summed E-state index contributed by atoms with van der Waals surface area (Å²) in [6.07, 6.45) is 10.6. The third-order valence-corrected chi connectivity index (χ3v) is 3.31. The van der Waals surface area contributed by atoms with Gasteiger partial charge in [0.25, 0.3) is 0 Å². The summed E-state index contributed by atoms with van der Waals surface area (Å²) >= 11 is 0. The summed E-state index contributed by atoms with van der Waals surface area (Å²) in [5.74, 6) is 0. The summed E-state index contributed by atoms with van der Waals surface area (Å²) in [6, 6.07) is 7.79. The molecule has 20 heavy (non-hydrogen) atoms. The maximum absolute atomic E-state index is 9.89. The van der Waals surface area contributed by atoms with Gasteiger partial charge in [0.2, 0.25) is 0 Å². The minimum atomic E-state index is -0.389. The molecule has 1 heterocycles. The average molecular weight is 270 g/mol. The Kier molecular flexibility index (Phi) is 5.69. The van der Waals surface area contributed by atoms with Crippen molar-refractivity contribution in [3.8, 4) is 0 Å². The number of unbranched alkanes of at least 4 members (excludes halogenated alkanes) is 3. The molecule has 1 aromatic carbocycles. The van der Waals surface area contributed by atoms with Crippen LogP contribution >= 0.6 is 0 Å². The first-order valence-electron chi connectivity index (χ1n) is 7.37. The summed E-state index contributed by atoms with van der Waals surface area (Å²) in [5, 5.41) is 9.89. The molecule has 0 aliphatic rings. The van der Waals surface area contributed by atoms with Crippen molar-refractivity contribution >= 4 is 17.1 Å². The molecule has 2 rings (SSSR count). The van der Waals surface area contributed by atoms with Gasteiger partial charge in [-0.3, -0.25) is 4.98 Å². The molecule has 0 saturated carbocycles. The minimum absolute atomic E-state index is 0.389. The first-order valence-corrected chi connectivity index (χ1v) is 7.37. The third-order valence-electron chi connectivity index (χ3n) is 3.31. The molecule has 0 spiro atoms. The molecule has 0 saturated heterocycles. The summed E-state index contributed by atoms with van der Waals surface area (Å²) in [7, 11) is 0. The van der Waals surface area contributed by atoms with E-state index in [1.54, 1.807) is 6.20 Å². The monoisotopic (exact) mass is 270 g/mol. The number of para-hydroxylation sites is 2. The van der Waals surface area contributed by atoms with E-state index in [-0.39, 0.29) is 6.10 Å². The lowest BCUT2D eigenvalue weighted by Gasteiger charge is -2.04. The minimum Gasteiger partial charge on any atom is -0.389 e. The molecule has 0 aliphatic carbocycles. The second-order valence-corrected chi connectivity index (χ2v) is 5.06. The molecule has 3 heteroatoms. The van der Waals surface area contributed by atoms with Crippen molar-refractivity contribution in [1.29, 1.82) is 0 Å². The number of fused-ring (bicyclic) bond motifs is 1. The number of aliphatic hydroxyl groups is 1. The summed E-state index contributed by atoms with van der Waals surface area (Å²) < 4.78 is 0. The molecular weight excluding hydrogens is 248 g/mol. The number of rotatable bonds is 7. The van der Waals surface area contributed by atoms with Crippen LogP contribution in [0.15, 0.2) is 36.5 Å². The fourth-order valence-electron chi connectivity index (χ4n) is 2.14. The Balaban J connectivity index is 1.91. The predicted molar refractivity (Wildman–Crippen MR) is 83.3 cm³/mol. The maximum atomic E-state index is 9.89. The zero-order valence-corrected chi connectivity index (χ0v) is 12.0. The lowest BCUT2D eigenvalue weighted by molar-refractivity contribution is 0.209. The molecule has 1 atom stereocenters. The molecule has 0 fully saturated rings. The fourth-order valence-corrected chi connectivity index (χ4v) is 2.14. The third kappa shape index (κ3) is 4.42. The molecule has 0 amide bonds. The SMILES string of the molecule is CCCCCC[C@@H](O)/C=C/c1cnc2ccccc2n1. The van der Waals surface area contributed by atoms with E-state index in [1.165, 1.54) is 19.3 Å². The van der Waals surface area contributed by atoms with E-state index in [4.69, 9.17) is 0 Å². The van der Waals surface area contributed by atoms with Crippen molar-refractivity contribution < 1.29 is 5.11 Å². The van der Waals surface area contributed by atoms with Crippen LogP contribution in [0.3, 0.4) is 0 Å². The van der Waals surface area contributed by atoms with Gasteiger partial charge in [-0.2, -0.15) is 0 Å². The van der Waals surface area contributed by atoms with Crippen LogP contribution in [0.25, 0.3) is 17.1 Å². The van der Waals surface area contributed by atoms with E-state index in [0.717, 1.165) is 29.6 Å². The molecule has 1 aromatic heterocycles. The number of nitrogens with zero attached hydrogens (tertiary/aromatic N) is 2. The quantitative estimate of drug-likeness (QED) is 0.774. The Morgan fingerprint density at radius 3 is 2.75 bits per heavy atom. The topological polar surface area (TPSA) is 46.0 Å². The highest BCUT2D eigenvalue weighted by atomic mass is 16.3. The largest absolute Gasteiger partial charge is 0.389 e. The van der Waals surface area contributed by atoms with Crippen LogP contribution in [-0.4, -0.2) is 21.2 Å². The van der Waals surface area contributed by atoms with Gasteiger partial charge in [-0.15, -0.1) is 0 Å². The molecule has 0 unspecified atom stereocenters. The standard InChI is InChI=1S/C17H22N2O/c1-2-3-4-5-8-15(20)12-11-14-13-18-16-9-6-7-10-17(16)19-14/h6-7,9-13,15,20H,2-5,8H2,1H3/b12-11+/t15-/m1/s1. The summed E-state index contributed by atoms with van der Waals surface area (Å²) in [6.45, 7) is 2.19. The zero-order chi connectivity index (χ0) is 14.2. The van der Waals surface area contributed by atoms with Crippen molar-refractivity contribution in [2.24, 2.45) is 0 Å². The van der Waals surface area contributed by atoms with Crippen LogP contribution < -0.4 is 0 Å². The van der Waals surface area contributed by atoms with Gasteiger partial charge in [0, 0.05) is 0 Å². The van der Waals surface area contributed by atoms with Crippen molar-refractivity contribution in [2.75, 3.05) is 0 Å². The second-order valence-electron chi connectivity index (χ2n) is 5.06. The lowest BCUT2D eigenvalue weighted by Crippen LogP contribution is -2.01. The average Bonchev–Trinajstić information content (AvgIpc) is 2.49. The van der Waals surface area contributed by atoms with Gasteiger partial charge in [0.1, 0.15) is 0 Å². The predicted octanol–water partition coefficient (Wildman–Crippen LogP) is 3.97. The molecular formula is C17H22N2O. The Morgan fingerprint density at radius 1 is 1.15 bits per heavy atom. The van der Waals surface area contributed by atoms with Crippen molar-refractivity contribution in [1.82, 2.24) is 9.97 Å². The summed E-state index contributed by atoms with van der Waals surface area (Å²) in [5.41, 5.74) is 2.56. The highest BCUT2D eigenvalue weighted by Gasteiger charge is 2.00. The number of aromatic nitrogens is 2. The molecule has 1 N–H and O–H groups in total. The number of hydrogen-bond acceptors (Lipinski definition) is 3. The van der Waals surface area contributed by atoms with E-state index in [0.29, 0.717) is 0 Å². The van der Waals surface area contributed by atoms with E-state index >= 15 is 0 Å². The van der Waals surface area contributed by atoms with Gasteiger partial charge >= 0.3 is 0 Å². The van der Waals surface area contributed by atoms with Gasteiger partial charge in [-0.25, -0.2) is 4.98 Å². The normalized spacial score (nSPS) is 13.1. The first-order chi connectivity index (χ1) is 9.79. The highest BCUT2D eigenvalue weighted by molar-refractivity contribution is 5.74. The van der Waals surface area contributed by atoms with Gasteiger partial charge in [-0.1, -0.05) is 50.8 Å². The van der Waals surface area contributed by atoms with Crippen LogP contribution in [0.1, 0.15) is 44.7 Å². The number of hydrogen-bond donors (Lipinski definition) is 1. The molecule has 106 valence electrons. The van der Waals surface area contributed by atoms with Gasteiger partial charge in [0.05, 0.1) is 29.0 Å². The zero-order valence-electron chi connectivity index (χ0n) is 12.0. The van der Waals surface area contributed by atoms with E-state index < -0.39 is 0 Å². The first kappa shape index (κ1) is 14.7. The van der Waals surface area contributed by atoms with E-state index in [9.17, 15) is 5.11 Å². The Bertz CT molecular complexity index is 566. The maximum Gasteiger partial charge on any atom is 0.0894 e. The molecule has 0 radical (unpaired) electrons. The van der Waals surface area contributed by atoms with Gasteiger partial charge < -0.3 is 5.11 Å². The van der Waals surface area contributed by atoms with E-state index in [2.05, 4.69) is 16.9 Å². The lowest BCUT2D eigenvalue weighted by atomic mass is 10.1. The van der Waals surface area contributed by atoms with Crippen molar-refractivity contribution in [2.45, 2.75) is 45.1 Å². The van der Waals surface area contributed by atoms with Crippen LogP contribution in [0, 0.1) is 0 Å². The van der Waals surface area contributed by atoms with Crippen LogP contribution in [0.5, 0.6) is 0 Å². The van der Waals surface area contributed by atoms with Crippen LogP contribution in [0.4, 0.5) is 0 Å². The van der Waals surface area contributed by atoms with Crippen molar-refractivity contribution in [3.05, 3.63) is 42.2 Å². The number of benzene rings is 1. The molecule has 0 aliphatic heterocycles. The Hall–Kier alpha value is -1.74. The Labute approximate surface area is 120 Å². The molecule has 0 bridgehead atoms. The van der Waals surface area contributed by atoms with Crippen LogP contribution in [-0.2, 0) is 0 Å².